The summed E-state index contributed by atoms with van der Waals surface area (Å²) in [5.74, 6) is 0. The molecule has 0 unspecified atom stereocenters. The van der Waals surface area contributed by atoms with Crippen molar-refractivity contribution in [2.24, 2.45) is 12.8 Å². The van der Waals surface area contributed by atoms with Crippen LogP contribution in [0.4, 0.5) is 0 Å². The highest BCUT2D eigenvalue weighted by Gasteiger charge is 2.00. The normalized spacial score (nSPS) is 10.5. The molecule has 0 bridgehead atoms. The first-order valence-electron chi connectivity index (χ1n) is 5.08. The molecule has 2 aromatic rings. The van der Waals surface area contributed by atoms with Crippen LogP contribution in [0.15, 0.2) is 36.5 Å². The minimum absolute atomic E-state index is 0.697. The molecule has 1 heterocycles. The number of aryl methyl sites for hydroxylation is 1. The molecule has 0 atom stereocenters. The van der Waals surface area contributed by atoms with E-state index in [-0.39, 0.29) is 0 Å². The molecule has 2 rings (SSSR count). The molecule has 3 heteroatoms. The van der Waals surface area contributed by atoms with Crippen molar-refractivity contribution in [3.8, 4) is 11.3 Å². The number of nitrogens with zero attached hydrogens (tertiary/aromatic N) is 2. The molecule has 0 aliphatic heterocycles. The summed E-state index contributed by atoms with van der Waals surface area (Å²) >= 11 is 0. The van der Waals surface area contributed by atoms with Crippen molar-refractivity contribution in [1.82, 2.24) is 9.78 Å². The Morgan fingerprint density at radius 1 is 1.20 bits per heavy atom. The molecular formula is C12H15N3. The molecule has 3 nitrogen and oxygen atoms in total. The summed E-state index contributed by atoms with van der Waals surface area (Å²) in [6.45, 7) is 0.697. The van der Waals surface area contributed by atoms with Gasteiger partial charge in [-0.1, -0.05) is 24.3 Å². The lowest BCUT2D eigenvalue weighted by molar-refractivity contribution is 0.771. The summed E-state index contributed by atoms with van der Waals surface area (Å²) < 4.78 is 1.81. The molecule has 0 saturated carbocycles. The Hall–Kier alpha value is -1.61. The van der Waals surface area contributed by atoms with Gasteiger partial charge in [-0.15, -0.1) is 0 Å². The van der Waals surface area contributed by atoms with Gasteiger partial charge in [0, 0.05) is 18.8 Å². The van der Waals surface area contributed by atoms with Crippen LogP contribution in [0, 0.1) is 0 Å². The highest BCUT2D eigenvalue weighted by Crippen LogP contribution is 2.17. The Kier molecular flexibility index (Phi) is 2.83. The van der Waals surface area contributed by atoms with Gasteiger partial charge in [0.05, 0.1) is 5.69 Å². The van der Waals surface area contributed by atoms with Crippen molar-refractivity contribution in [1.29, 1.82) is 0 Å². The van der Waals surface area contributed by atoms with Crippen LogP contribution in [0.1, 0.15) is 5.56 Å². The lowest BCUT2D eigenvalue weighted by atomic mass is 10.1. The van der Waals surface area contributed by atoms with Crippen LogP contribution in [-0.2, 0) is 13.5 Å². The van der Waals surface area contributed by atoms with Crippen LogP contribution in [0.3, 0.4) is 0 Å². The fourth-order valence-electron chi connectivity index (χ4n) is 1.58. The Morgan fingerprint density at radius 2 is 1.93 bits per heavy atom. The Morgan fingerprint density at radius 3 is 2.47 bits per heavy atom. The van der Waals surface area contributed by atoms with Crippen molar-refractivity contribution < 1.29 is 0 Å². The zero-order valence-electron chi connectivity index (χ0n) is 8.85. The van der Waals surface area contributed by atoms with Gasteiger partial charge in [0.1, 0.15) is 0 Å². The summed E-state index contributed by atoms with van der Waals surface area (Å²) in [6, 6.07) is 10.4. The lowest BCUT2D eigenvalue weighted by Crippen LogP contribution is -2.02. The molecule has 0 fully saturated rings. The van der Waals surface area contributed by atoms with E-state index in [0.29, 0.717) is 6.54 Å². The van der Waals surface area contributed by atoms with Crippen LogP contribution >= 0.6 is 0 Å². The number of benzene rings is 1. The van der Waals surface area contributed by atoms with E-state index in [1.54, 1.807) is 0 Å². The SMILES string of the molecule is Cn1ccc(-c2ccc(CCN)cc2)n1. The summed E-state index contributed by atoms with van der Waals surface area (Å²) in [6.07, 6.45) is 2.88. The van der Waals surface area contributed by atoms with Crippen LogP contribution in [-0.4, -0.2) is 16.3 Å². The smallest absolute Gasteiger partial charge is 0.0923 e. The van der Waals surface area contributed by atoms with E-state index in [4.69, 9.17) is 5.73 Å². The van der Waals surface area contributed by atoms with Gasteiger partial charge in [0.25, 0.3) is 0 Å². The Bertz CT molecular complexity index is 428. The summed E-state index contributed by atoms with van der Waals surface area (Å²) in [5, 5.41) is 4.35. The van der Waals surface area contributed by atoms with E-state index in [0.717, 1.165) is 17.7 Å². The van der Waals surface area contributed by atoms with Crippen molar-refractivity contribution in [3.05, 3.63) is 42.1 Å². The largest absolute Gasteiger partial charge is 0.330 e. The molecule has 0 aliphatic rings. The van der Waals surface area contributed by atoms with E-state index >= 15 is 0 Å². The summed E-state index contributed by atoms with van der Waals surface area (Å²) in [5.41, 5.74) is 8.93. The standard InChI is InChI=1S/C12H15N3/c1-15-9-7-12(14-15)11-4-2-10(3-5-11)6-8-13/h2-5,7,9H,6,8,13H2,1H3. The minimum atomic E-state index is 0.697. The van der Waals surface area contributed by atoms with Gasteiger partial charge in [-0.05, 0) is 24.6 Å². The van der Waals surface area contributed by atoms with Crippen molar-refractivity contribution in [2.75, 3.05) is 6.54 Å². The van der Waals surface area contributed by atoms with E-state index in [1.807, 2.05) is 24.0 Å². The first-order chi connectivity index (χ1) is 7.29. The van der Waals surface area contributed by atoms with Gasteiger partial charge in [-0.2, -0.15) is 5.10 Å². The molecular weight excluding hydrogens is 186 g/mol. The quantitative estimate of drug-likeness (QED) is 0.819. The highest BCUT2D eigenvalue weighted by atomic mass is 15.2. The number of rotatable bonds is 3. The first-order valence-corrected chi connectivity index (χ1v) is 5.08. The Balaban J connectivity index is 2.23. The van der Waals surface area contributed by atoms with Gasteiger partial charge in [-0.3, -0.25) is 4.68 Å². The third-order valence-electron chi connectivity index (χ3n) is 2.40. The maximum absolute atomic E-state index is 5.50. The zero-order valence-corrected chi connectivity index (χ0v) is 8.85. The monoisotopic (exact) mass is 201 g/mol. The van der Waals surface area contributed by atoms with Crippen molar-refractivity contribution in [2.45, 2.75) is 6.42 Å². The van der Waals surface area contributed by atoms with Crippen LogP contribution in [0.2, 0.25) is 0 Å². The molecule has 0 aliphatic carbocycles. The highest BCUT2D eigenvalue weighted by molar-refractivity contribution is 5.58. The topological polar surface area (TPSA) is 43.8 Å². The predicted octanol–water partition coefficient (Wildman–Crippen LogP) is 1.59. The van der Waals surface area contributed by atoms with Crippen LogP contribution in [0.25, 0.3) is 11.3 Å². The molecule has 1 aromatic carbocycles. The third kappa shape index (κ3) is 2.25. The minimum Gasteiger partial charge on any atom is -0.330 e. The number of nitrogens with two attached hydrogens (primary N) is 1. The first kappa shape index (κ1) is 9.93. The zero-order chi connectivity index (χ0) is 10.7. The van der Waals surface area contributed by atoms with Gasteiger partial charge in [0.2, 0.25) is 0 Å². The molecule has 0 radical (unpaired) electrons. The van der Waals surface area contributed by atoms with Gasteiger partial charge in [0.15, 0.2) is 0 Å². The second-order valence-electron chi connectivity index (χ2n) is 3.61. The maximum Gasteiger partial charge on any atom is 0.0923 e. The second-order valence-corrected chi connectivity index (χ2v) is 3.61. The molecule has 15 heavy (non-hydrogen) atoms. The fourth-order valence-corrected chi connectivity index (χ4v) is 1.58. The average Bonchev–Trinajstić information content (AvgIpc) is 2.67. The maximum atomic E-state index is 5.50. The average molecular weight is 201 g/mol. The van der Waals surface area contributed by atoms with E-state index < -0.39 is 0 Å². The summed E-state index contributed by atoms with van der Waals surface area (Å²) in [7, 11) is 1.92. The Labute approximate surface area is 89.5 Å². The molecule has 78 valence electrons. The summed E-state index contributed by atoms with van der Waals surface area (Å²) in [4.78, 5) is 0. The van der Waals surface area contributed by atoms with E-state index in [1.165, 1.54) is 5.56 Å². The van der Waals surface area contributed by atoms with E-state index in [2.05, 4.69) is 29.4 Å². The predicted molar refractivity (Wildman–Crippen MR) is 61.4 cm³/mol. The molecule has 0 amide bonds. The molecule has 2 N–H and O–H groups in total. The molecule has 0 saturated heterocycles. The van der Waals surface area contributed by atoms with Gasteiger partial charge >= 0.3 is 0 Å². The fraction of sp³-hybridized carbons (Fsp3) is 0.250. The van der Waals surface area contributed by atoms with Gasteiger partial charge < -0.3 is 5.73 Å². The van der Waals surface area contributed by atoms with E-state index in [9.17, 15) is 0 Å². The third-order valence-corrected chi connectivity index (χ3v) is 2.40. The van der Waals surface area contributed by atoms with Gasteiger partial charge in [-0.25, -0.2) is 0 Å². The van der Waals surface area contributed by atoms with Crippen molar-refractivity contribution >= 4 is 0 Å². The second kappa shape index (κ2) is 4.28. The number of aromatic nitrogens is 2. The number of hydrogen-bond donors (Lipinski definition) is 1. The van der Waals surface area contributed by atoms with Crippen LogP contribution in [0.5, 0.6) is 0 Å². The van der Waals surface area contributed by atoms with Crippen molar-refractivity contribution in [3.63, 3.8) is 0 Å². The lowest BCUT2D eigenvalue weighted by Gasteiger charge is -2.00. The van der Waals surface area contributed by atoms with Crippen LogP contribution < -0.4 is 5.73 Å². The number of hydrogen-bond acceptors (Lipinski definition) is 2. The molecule has 1 aromatic heterocycles. The molecule has 0 spiro atoms.